The number of anilines is 6. The lowest BCUT2D eigenvalue weighted by molar-refractivity contribution is 0.411. The van der Waals surface area contributed by atoms with Crippen molar-refractivity contribution in [3.8, 4) is 55.9 Å². The minimum atomic E-state index is -2.02. The molecular weight excluding hydrogens is 1380 g/mol. The summed E-state index contributed by atoms with van der Waals surface area (Å²) in [5, 5.41) is 4.54. The SMILES string of the molecule is [2H]C([2H])(c1cc2c3c(c1)N(c1cc(-c4cccc(C(C)(C)C)c4)c(C([2H])([2H])C(C)(C)C)cc1-c1cccc(C(C)(C)C)c1)c1cc(-n4c5ccccc5c5ccccc54)ccc1B3c1ccc(-n3c4ccccc4c4ccccc43)cc1N2c1cc(-c2cccc(C(C)(C)C)c2)c(C([2H])([2H])C(C)(C)C)cc1-c1cccc(C(C)(C)C)c1)C(C)(C)C. The Balaban J connectivity index is 1.11. The maximum atomic E-state index is 11.1. The Morgan fingerprint density at radius 2 is 0.561 bits per heavy atom. The number of hydrogen-bond acceptors (Lipinski definition) is 2. The van der Waals surface area contributed by atoms with E-state index in [1.807, 2.05) is 62.3 Å². The molecule has 0 aliphatic carbocycles. The van der Waals surface area contributed by atoms with Crippen LogP contribution in [0.2, 0.25) is 0 Å². The van der Waals surface area contributed by atoms with E-state index in [0.29, 0.717) is 16.7 Å². The fourth-order valence-electron chi connectivity index (χ4n) is 17.8. The quantitative estimate of drug-likeness (QED) is 0.120. The van der Waals surface area contributed by atoms with Crippen molar-refractivity contribution >= 4 is 101 Å². The molecule has 17 rings (SSSR count). The first-order chi connectivity index (χ1) is 56.2. The van der Waals surface area contributed by atoms with Crippen LogP contribution in [0.3, 0.4) is 0 Å². The van der Waals surface area contributed by atoms with E-state index in [1.54, 1.807) is 0 Å². The molecule has 0 N–H and O–H groups in total. The lowest BCUT2D eigenvalue weighted by atomic mass is 9.33. The standard InChI is InChI=1S/C109H113BN4/c1-103(2,3)66-69-54-100-102-101(55-69)114(97-65-87(71-35-31-39-77(57-71)107(13,14)15)75(68-105(7,8)9)61-89(97)73-37-33-41-79(59-73)109(19,20)21)99-63-81(112-94-48-28-24-44-84(94)85-45-25-29-49-95(85)112)51-53-91(99)110(102)90-52-50-80(111-92-46-26-22-42-82(92)83-43-23-27-47-93(83)111)62-98(90)113(100)96-64-86(70-34-30-38-76(56-70)106(10,11)12)74(67-104(4,5)6)60-88(96)72-36-32-40-78(58-72)108(16,17)18/h22-65H,66-68H2,1-21H3/i66D2,67D2,68D2. The van der Waals surface area contributed by atoms with Crippen LogP contribution in [0, 0.1) is 16.2 Å². The fourth-order valence-corrected chi connectivity index (χ4v) is 17.8. The van der Waals surface area contributed by atoms with E-state index in [4.69, 9.17) is 0 Å². The van der Waals surface area contributed by atoms with Crippen molar-refractivity contribution in [2.24, 2.45) is 16.2 Å². The summed E-state index contributed by atoms with van der Waals surface area (Å²) in [4.78, 5) is 4.93. The summed E-state index contributed by atoms with van der Waals surface area (Å²) < 4.78 is 69.8. The molecule has 4 heterocycles. The van der Waals surface area contributed by atoms with E-state index < -0.39 is 42.1 Å². The summed E-state index contributed by atoms with van der Waals surface area (Å²) in [6.45, 7) is 44.5. The van der Waals surface area contributed by atoms with Gasteiger partial charge in [-0.2, -0.15) is 0 Å². The highest BCUT2D eigenvalue weighted by Gasteiger charge is 2.46. The zero-order valence-corrected chi connectivity index (χ0v) is 70.8. The summed E-state index contributed by atoms with van der Waals surface area (Å²) in [5.74, 6) is 0. The molecular formula is C109H113BN4. The minimum absolute atomic E-state index is 0.262. The van der Waals surface area contributed by atoms with Crippen molar-refractivity contribution in [3.05, 3.63) is 306 Å². The number of nitrogens with zero attached hydrogens (tertiary/aromatic N) is 4. The van der Waals surface area contributed by atoms with Crippen molar-refractivity contribution in [2.45, 2.75) is 186 Å². The number of para-hydroxylation sites is 4. The highest BCUT2D eigenvalue weighted by Crippen LogP contribution is 2.54. The number of benzene rings is 13. The molecule has 2 aliphatic rings. The fraction of sp³-hybridized carbons (Fsp3) is 0.284. The largest absolute Gasteiger partial charge is 0.311 e. The van der Waals surface area contributed by atoms with Crippen molar-refractivity contribution in [2.75, 3.05) is 9.80 Å². The van der Waals surface area contributed by atoms with Gasteiger partial charge in [-0.3, -0.25) is 0 Å². The minimum Gasteiger partial charge on any atom is -0.311 e. The van der Waals surface area contributed by atoms with E-state index in [0.717, 1.165) is 172 Å². The van der Waals surface area contributed by atoms with Gasteiger partial charge in [-0.05, 0) is 231 Å². The third kappa shape index (κ3) is 13.9. The molecule has 572 valence electrons. The van der Waals surface area contributed by atoms with Crippen molar-refractivity contribution in [3.63, 3.8) is 0 Å². The molecule has 0 fully saturated rings. The molecule has 5 heteroatoms. The molecule has 0 bridgehead atoms. The van der Waals surface area contributed by atoms with Gasteiger partial charge in [0.1, 0.15) is 0 Å². The van der Waals surface area contributed by atoms with Crippen LogP contribution in [0.15, 0.2) is 267 Å². The number of aromatic nitrogens is 2. The average molecular weight is 1500 g/mol. The highest BCUT2D eigenvalue weighted by molar-refractivity contribution is 7.00. The first kappa shape index (κ1) is 68.7. The second kappa shape index (κ2) is 27.4. The molecule has 114 heavy (non-hydrogen) atoms. The average Bonchev–Trinajstić information content (AvgIpc) is 0.799. The van der Waals surface area contributed by atoms with Crippen molar-refractivity contribution in [1.82, 2.24) is 9.13 Å². The Hall–Kier alpha value is -10.9. The van der Waals surface area contributed by atoms with Crippen molar-refractivity contribution in [1.29, 1.82) is 0 Å². The molecule has 13 aromatic carbocycles. The summed E-state index contributed by atoms with van der Waals surface area (Å²) in [6, 6.07) is 97.4. The molecule has 0 saturated heterocycles. The molecule has 0 atom stereocenters. The topological polar surface area (TPSA) is 16.3 Å². The van der Waals surface area contributed by atoms with Gasteiger partial charge >= 0.3 is 0 Å². The molecule has 2 aromatic heterocycles. The van der Waals surface area contributed by atoms with E-state index in [9.17, 15) is 8.22 Å². The lowest BCUT2D eigenvalue weighted by Gasteiger charge is -2.46. The van der Waals surface area contributed by atoms with Gasteiger partial charge in [-0.25, -0.2) is 0 Å². The Kier molecular flexibility index (Phi) is 16.5. The van der Waals surface area contributed by atoms with Crippen LogP contribution in [0.25, 0.3) is 99.5 Å². The molecule has 0 radical (unpaired) electrons. The van der Waals surface area contributed by atoms with Gasteiger partial charge < -0.3 is 18.9 Å². The number of hydrogen-bond donors (Lipinski definition) is 0. The molecule has 2 aliphatic heterocycles. The van der Waals surface area contributed by atoms with Gasteiger partial charge in [0.2, 0.25) is 0 Å². The Morgan fingerprint density at radius 1 is 0.263 bits per heavy atom. The first-order valence-corrected chi connectivity index (χ1v) is 41.1. The number of fused-ring (bicyclic) bond motifs is 10. The van der Waals surface area contributed by atoms with Crippen LogP contribution < -0.4 is 26.2 Å². The smallest absolute Gasteiger partial charge is 0.252 e. The first-order valence-electron chi connectivity index (χ1n) is 44.1. The molecule has 0 unspecified atom stereocenters. The van der Waals surface area contributed by atoms with Gasteiger partial charge in [0, 0.05) is 75.0 Å². The summed E-state index contributed by atoms with van der Waals surface area (Å²) in [6.07, 6.45) is -5.84. The predicted molar refractivity (Wildman–Crippen MR) is 495 cm³/mol. The Bertz CT molecular complexity index is 6170. The Labute approximate surface area is 688 Å². The zero-order chi connectivity index (χ0) is 85.6. The van der Waals surface area contributed by atoms with Crippen LogP contribution >= 0.6 is 0 Å². The van der Waals surface area contributed by atoms with Gasteiger partial charge in [0.05, 0.1) is 33.4 Å². The summed E-state index contributed by atoms with van der Waals surface area (Å²) >= 11 is 0. The second-order valence-electron chi connectivity index (χ2n) is 39.5. The van der Waals surface area contributed by atoms with E-state index in [-0.39, 0.29) is 21.7 Å². The monoisotopic (exact) mass is 1490 g/mol. The Morgan fingerprint density at radius 3 is 0.860 bits per heavy atom. The second-order valence-corrected chi connectivity index (χ2v) is 39.5. The predicted octanol–water partition coefficient (Wildman–Crippen LogP) is 28.6. The van der Waals surface area contributed by atoms with Crippen LogP contribution in [0.1, 0.15) is 193 Å². The molecule has 0 amide bonds. The molecule has 0 saturated carbocycles. The van der Waals surface area contributed by atoms with Crippen LogP contribution in [-0.4, -0.2) is 15.8 Å². The van der Waals surface area contributed by atoms with Crippen molar-refractivity contribution < 1.29 is 8.22 Å². The van der Waals surface area contributed by atoms with Gasteiger partial charge in [0.15, 0.2) is 0 Å². The third-order valence-electron chi connectivity index (χ3n) is 23.2. The maximum absolute atomic E-state index is 11.1. The van der Waals surface area contributed by atoms with Crippen LogP contribution in [0.4, 0.5) is 34.1 Å². The molecule has 15 aromatic rings. The molecule has 4 nitrogen and oxygen atoms in total. The van der Waals surface area contributed by atoms with Gasteiger partial charge in [0.25, 0.3) is 6.71 Å². The van der Waals surface area contributed by atoms with E-state index in [2.05, 4.69) is 369 Å². The van der Waals surface area contributed by atoms with Gasteiger partial charge in [-0.15, -0.1) is 0 Å². The summed E-state index contributed by atoms with van der Waals surface area (Å²) in [7, 11) is 0. The lowest BCUT2D eigenvalue weighted by Crippen LogP contribution is -2.61. The highest BCUT2D eigenvalue weighted by atomic mass is 15.2. The third-order valence-corrected chi connectivity index (χ3v) is 23.2. The maximum Gasteiger partial charge on any atom is 0.252 e. The normalized spacial score (nSPS) is 14.7. The van der Waals surface area contributed by atoms with E-state index in [1.165, 1.54) is 0 Å². The van der Waals surface area contributed by atoms with E-state index >= 15 is 0 Å². The molecule has 0 spiro atoms. The number of rotatable bonds is 11. The zero-order valence-electron chi connectivity index (χ0n) is 76.8. The van der Waals surface area contributed by atoms with Crippen LogP contribution in [-0.2, 0) is 40.8 Å². The van der Waals surface area contributed by atoms with Crippen LogP contribution in [0.5, 0.6) is 0 Å². The van der Waals surface area contributed by atoms with Gasteiger partial charge in [-0.1, -0.05) is 327 Å². The summed E-state index contributed by atoms with van der Waals surface area (Å²) in [5.41, 5.74) is 23.1.